The maximum atomic E-state index is 10.8. The molecular formula is C40H25N3O. The molecule has 0 fully saturated rings. The number of hydrogen-bond donors (Lipinski definition) is 1. The van der Waals surface area contributed by atoms with Crippen molar-refractivity contribution in [3.8, 4) is 62.2 Å². The summed E-state index contributed by atoms with van der Waals surface area (Å²) < 4.78 is 0. The van der Waals surface area contributed by atoms with Crippen molar-refractivity contribution in [2.75, 3.05) is 0 Å². The molecule has 0 atom stereocenters. The molecule has 0 saturated heterocycles. The lowest BCUT2D eigenvalue weighted by molar-refractivity contribution is 0.430. The summed E-state index contributed by atoms with van der Waals surface area (Å²) in [5.41, 5.74) is 13.2. The van der Waals surface area contributed by atoms with Crippen molar-refractivity contribution in [2.24, 2.45) is 0 Å². The number of fused-ring (bicyclic) bond motifs is 10. The topological polar surface area (TPSA) is 58.9 Å². The molecule has 7 aromatic rings. The molecule has 0 bridgehead atoms. The van der Waals surface area contributed by atoms with E-state index in [1.54, 1.807) is 0 Å². The van der Waals surface area contributed by atoms with Crippen LogP contribution in [-0.2, 0) is 5.41 Å². The lowest BCUT2D eigenvalue weighted by Gasteiger charge is -2.30. The van der Waals surface area contributed by atoms with Crippen molar-refractivity contribution in [2.45, 2.75) is 5.41 Å². The molecule has 9 rings (SSSR count). The Labute approximate surface area is 255 Å². The fraction of sp³-hybridized carbons (Fsp3) is 0.0250. The second-order valence-corrected chi connectivity index (χ2v) is 11.3. The molecule has 0 aliphatic heterocycles. The normalized spacial score (nSPS) is 13.3. The van der Waals surface area contributed by atoms with E-state index in [9.17, 15) is 5.11 Å². The summed E-state index contributed by atoms with van der Waals surface area (Å²) in [7, 11) is 0. The molecule has 0 saturated carbocycles. The molecule has 2 aliphatic carbocycles. The number of hydrogen-bond acceptors (Lipinski definition) is 4. The van der Waals surface area contributed by atoms with Crippen LogP contribution in [0.1, 0.15) is 22.3 Å². The van der Waals surface area contributed by atoms with Crippen molar-refractivity contribution < 1.29 is 5.11 Å². The zero-order chi connectivity index (χ0) is 29.3. The lowest BCUT2D eigenvalue weighted by Crippen LogP contribution is -2.25. The summed E-state index contributed by atoms with van der Waals surface area (Å²) in [5, 5.41) is 10.8. The highest BCUT2D eigenvalue weighted by Crippen LogP contribution is 2.63. The van der Waals surface area contributed by atoms with Gasteiger partial charge in [0.25, 0.3) is 0 Å². The number of benzene rings is 6. The van der Waals surface area contributed by atoms with Crippen LogP contribution >= 0.6 is 0 Å². The van der Waals surface area contributed by atoms with E-state index >= 15 is 0 Å². The minimum atomic E-state index is -0.458. The molecule has 0 amide bonds. The molecule has 206 valence electrons. The highest BCUT2D eigenvalue weighted by molar-refractivity contribution is 5.99. The maximum absolute atomic E-state index is 10.8. The van der Waals surface area contributed by atoms with Crippen molar-refractivity contribution >= 4 is 0 Å². The van der Waals surface area contributed by atoms with Crippen LogP contribution in [0.2, 0.25) is 0 Å². The molecule has 4 heteroatoms. The van der Waals surface area contributed by atoms with Crippen LogP contribution in [0.15, 0.2) is 146 Å². The van der Waals surface area contributed by atoms with E-state index in [2.05, 4.69) is 125 Å². The summed E-state index contributed by atoms with van der Waals surface area (Å²) in [4.78, 5) is 13.8. The third kappa shape index (κ3) is 3.36. The predicted octanol–water partition coefficient (Wildman–Crippen LogP) is 8.92. The zero-order valence-corrected chi connectivity index (χ0v) is 23.6. The van der Waals surface area contributed by atoms with Gasteiger partial charge in [0.2, 0.25) is 0 Å². The molecule has 1 heterocycles. The molecule has 0 radical (unpaired) electrons. The number of aromatic nitrogens is 3. The highest BCUT2D eigenvalue weighted by atomic mass is 16.3. The van der Waals surface area contributed by atoms with Gasteiger partial charge in [-0.3, -0.25) is 0 Å². The van der Waals surface area contributed by atoms with E-state index in [0.29, 0.717) is 11.6 Å². The molecular weight excluding hydrogens is 538 g/mol. The highest BCUT2D eigenvalue weighted by Gasteiger charge is 2.52. The average Bonchev–Trinajstić information content (AvgIpc) is 3.56. The molecule has 1 spiro atoms. The molecule has 1 N–H and O–H groups in total. The summed E-state index contributed by atoms with van der Waals surface area (Å²) in [6, 6.07) is 50.6. The first-order chi connectivity index (χ1) is 21.7. The fourth-order valence-electron chi connectivity index (χ4n) is 7.39. The molecule has 44 heavy (non-hydrogen) atoms. The van der Waals surface area contributed by atoms with Crippen LogP contribution < -0.4 is 0 Å². The predicted molar refractivity (Wildman–Crippen MR) is 174 cm³/mol. The Morgan fingerprint density at radius 3 is 1.52 bits per heavy atom. The van der Waals surface area contributed by atoms with Gasteiger partial charge in [-0.1, -0.05) is 146 Å². The van der Waals surface area contributed by atoms with Gasteiger partial charge in [-0.2, -0.15) is 9.97 Å². The van der Waals surface area contributed by atoms with Crippen LogP contribution in [0, 0.1) is 0 Å². The number of rotatable bonds is 3. The summed E-state index contributed by atoms with van der Waals surface area (Å²) in [6.45, 7) is 0. The van der Waals surface area contributed by atoms with Crippen molar-refractivity contribution in [1.82, 2.24) is 15.0 Å². The molecule has 1 aromatic heterocycles. The third-order valence-electron chi connectivity index (χ3n) is 9.14. The van der Waals surface area contributed by atoms with Gasteiger partial charge in [-0.15, -0.1) is 0 Å². The first-order valence-electron chi connectivity index (χ1n) is 14.8. The van der Waals surface area contributed by atoms with Crippen molar-refractivity contribution in [3.63, 3.8) is 0 Å². The van der Waals surface area contributed by atoms with Gasteiger partial charge >= 0.3 is 6.01 Å². The molecule has 6 aromatic carbocycles. The van der Waals surface area contributed by atoms with Gasteiger partial charge < -0.3 is 5.11 Å². The Morgan fingerprint density at radius 2 is 0.841 bits per heavy atom. The van der Waals surface area contributed by atoms with E-state index in [0.717, 1.165) is 33.4 Å². The third-order valence-corrected chi connectivity index (χ3v) is 9.14. The van der Waals surface area contributed by atoms with Gasteiger partial charge in [-0.25, -0.2) is 4.98 Å². The van der Waals surface area contributed by atoms with Crippen LogP contribution in [0.5, 0.6) is 6.01 Å². The molecule has 0 unspecified atom stereocenters. The van der Waals surface area contributed by atoms with E-state index < -0.39 is 5.41 Å². The van der Waals surface area contributed by atoms with Crippen molar-refractivity contribution in [1.29, 1.82) is 0 Å². The largest absolute Gasteiger partial charge is 0.479 e. The van der Waals surface area contributed by atoms with Crippen LogP contribution in [-0.4, -0.2) is 20.1 Å². The minimum Gasteiger partial charge on any atom is -0.479 e. The Hall–Kier alpha value is -5.87. The quantitative estimate of drug-likeness (QED) is 0.233. The summed E-state index contributed by atoms with van der Waals surface area (Å²) in [5.74, 6) is 0.880. The van der Waals surface area contributed by atoms with Crippen molar-refractivity contribution in [3.05, 3.63) is 168 Å². The number of nitrogens with zero attached hydrogens (tertiary/aromatic N) is 3. The van der Waals surface area contributed by atoms with Gasteiger partial charge in [0.15, 0.2) is 11.6 Å². The van der Waals surface area contributed by atoms with E-state index in [4.69, 9.17) is 4.98 Å². The summed E-state index contributed by atoms with van der Waals surface area (Å²) >= 11 is 0. The van der Waals surface area contributed by atoms with Gasteiger partial charge in [-0.05, 0) is 55.6 Å². The minimum absolute atomic E-state index is 0.299. The summed E-state index contributed by atoms with van der Waals surface area (Å²) in [6.07, 6.45) is 0. The monoisotopic (exact) mass is 563 g/mol. The molecule has 4 nitrogen and oxygen atoms in total. The maximum Gasteiger partial charge on any atom is 0.318 e. The van der Waals surface area contributed by atoms with Crippen LogP contribution in [0.3, 0.4) is 0 Å². The Kier molecular flexibility index (Phi) is 5.23. The van der Waals surface area contributed by atoms with E-state index in [1.807, 2.05) is 30.3 Å². The second-order valence-electron chi connectivity index (χ2n) is 11.3. The van der Waals surface area contributed by atoms with Crippen LogP contribution in [0.4, 0.5) is 0 Å². The SMILES string of the molecule is Oc1nc(-c2ccc(-c3ccccc3)cc2)nc(-c2cccc3c2-c2ccccc2C32c3ccccc3-c3ccccc32)n1. The first kappa shape index (κ1) is 24.7. The van der Waals surface area contributed by atoms with Gasteiger partial charge in [0, 0.05) is 11.1 Å². The number of aromatic hydroxyl groups is 1. The Balaban J connectivity index is 1.25. The second kappa shape index (κ2) is 9.32. The molecule has 2 aliphatic rings. The Bertz CT molecular complexity index is 2190. The van der Waals surface area contributed by atoms with Crippen LogP contribution in [0.25, 0.3) is 56.2 Å². The first-order valence-corrected chi connectivity index (χ1v) is 14.8. The van der Waals surface area contributed by atoms with Gasteiger partial charge in [0.1, 0.15) is 0 Å². The zero-order valence-electron chi connectivity index (χ0n) is 23.6. The lowest BCUT2D eigenvalue weighted by atomic mass is 9.70. The fourth-order valence-corrected chi connectivity index (χ4v) is 7.39. The Morgan fingerprint density at radius 1 is 0.364 bits per heavy atom. The van der Waals surface area contributed by atoms with E-state index in [1.165, 1.54) is 33.4 Å². The smallest absolute Gasteiger partial charge is 0.318 e. The van der Waals surface area contributed by atoms with E-state index in [-0.39, 0.29) is 6.01 Å². The van der Waals surface area contributed by atoms with Gasteiger partial charge in [0.05, 0.1) is 5.41 Å². The average molecular weight is 564 g/mol. The standard InChI is InChI=1S/C40H25N3O/c44-39-42-37(27-23-21-26(22-24-27)25-11-2-1-3-12-25)41-38(43-39)31-16-10-20-35-36(31)30-15-6-9-19-34(30)40(35)32-17-7-4-13-28(32)29-14-5-8-18-33(29)40/h1-24H,(H,41,42,43,44).